The Morgan fingerprint density at radius 2 is 2.28 bits per heavy atom. The molecule has 0 atom stereocenters. The first-order valence-corrected chi connectivity index (χ1v) is 5.38. The fraction of sp³-hybridized carbons (Fsp3) is 0.182. The maximum atomic E-state index is 11.9. The highest BCUT2D eigenvalue weighted by molar-refractivity contribution is 5.98. The van der Waals surface area contributed by atoms with Crippen molar-refractivity contribution in [3.63, 3.8) is 0 Å². The van der Waals surface area contributed by atoms with Crippen LogP contribution in [-0.2, 0) is 13.6 Å². The van der Waals surface area contributed by atoms with Crippen LogP contribution in [0, 0.1) is 0 Å². The number of nitrogens with two attached hydrogens (primary N) is 1. The Bertz CT molecular complexity index is 550. The Hall–Kier alpha value is -2.41. The Kier molecular flexibility index (Phi) is 3.54. The Morgan fingerprint density at radius 1 is 1.44 bits per heavy atom. The van der Waals surface area contributed by atoms with Gasteiger partial charge in [0.1, 0.15) is 5.82 Å². The molecule has 0 fully saturated rings. The average Bonchev–Trinajstić information content (AvgIpc) is 2.81. The van der Waals surface area contributed by atoms with Gasteiger partial charge in [0.25, 0.3) is 5.91 Å². The molecule has 2 heterocycles. The van der Waals surface area contributed by atoms with Crippen LogP contribution in [0.3, 0.4) is 0 Å². The zero-order valence-electron chi connectivity index (χ0n) is 9.92. The smallest absolute Gasteiger partial charge is 0.255 e. The van der Waals surface area contributed by atoms with Crippen LogP contribution in [0.25, 0.3) is 0 Å². The number of nitrogen functional groups attached to an aromatic ring is 1. The molecule has 0 saturated heterocycles. The number of carbonyl (C=O) groups excluding carboxylic acids is 1. The van der Waals surface area contributed by atoms with Crippen LogP contribution in [-0.4, -0.2) is 20.4 Å². The van der Waals surface area contributed by atoms with Crippen LogP contribution in [0.1, 0.15) is 16.2 Å². The van der Waals surface area contributed by atoms with Crippen molar-refractivity contribution in [2.45, 2.75) is 6.54 Å². The number of hydrogen-bond acceptors (Lipinski definition) is 5. The van der Waals surface area contributed by atoms with Crippen molar-refractivity contribution in [1.82, 2.24) is 19.9 Å². The van der Waals surface area contributed by atoms with Gasteiger partial charge in [-0.2, -0.15) is 0 Å². The number of aromatic nitrogens is 3. The fourth-order valence-corrected chi connectivity index (χ4v) is 1.52. The number of amides is 1. The number of carbonyl (C=O) groups is 1. The molecule has 0 radical (unpaired) electrons. The highest BCUT2D eigenvalue weighted by Gasteiger charge is 2.11. The molecule has 0 bridgehead atoms. The SMILES string of the molecule is Cn1ccnc1CNC(=O)c1cccnc1NN. The van der Waals surface area contributed by atoms with Crippen LogP contribution in [0.15, 0.2) is 30.7 Å². The number of nitrogens with one attached hydrogen (secondary N) is 2. The summed E-state index contributed by atoms with van der Waals surface area (Å²) in [6.45, 7) is 0.348. The van der Waals surface area contributed by atoms with Crippen LogP contribution < -0.4 is 16.6 Å². The highest BCUT2D eigenvalue weighted by atomic mass is 16.1. The second kappa shape index (κ2) is 5.28. The van der Waals surface area contributed by atoms with Crippen molar-refractivity contribution >= 4 is 11.7 Å². The van der Waals surface area contributed by atoms with E-state index in [2.05, 4.69) is 20.7 Å². The minimum absolute atomic E-state index is 0.251. The van der Waals surface area contributed by atoms with Crippen molar-refractivity contribution in [3.8, 4) is 0 Å². The number of nitrogens with zero attached hydrogens (tertiary/aromatic N) is 3. The molecule has 2 aromatic rings. The largest absolute Gasteiger partial charge is 0.345 e. The van der Waals surface area contributed by atoms with Crippen molar-refractivity contribution in [2.75, 3.05) is 5.43 Å². The quantitative estimate of drug-likeness (QED) is 0.522. The molecule has 0 aliphatic carbocycles. The van der Waals surface area contributed by atoms with Gasteiger partial charge in [-0.3, -0.25) is 4.79 Å². The number of rotatable bonds is 4. The highest BCUT2D eigenvalue weighted by Crippen LogP contribution is 2.09. The maximum absolute atomic E-state index is 11.9. The Morgan fingerprint density at radius 3 is 2.94 bits per heavy atom. The van der Waals surface area contributed by atoms with Crippen LogP contribution in [0.2, 0.25) is 0 Å². The van der Waals surface area contributed by atoms with Gasteiger partial charge in [-0.1, -0.05) is 0 Å². The van der Waals surface area contributed by atoms with Gasteiger partial charge in [-0.05, 0) is 12.1 Å². The molecule has 1 amide bonds. The monoisotopic (exact) mass is 246 g/mol. The summed E-state index contributed by atoms with van der Waals surface area (Å²) in [5.41, 5.74) is 2.79. The second-order valence-corrected chi connectivity index (χ2v) is 3.68. The summed E-state index contributed by atoms with van der Waals surface area (Å²) in [7, 11) is 1.87. The minimum Gasteiger partial charge on any atom is -0.345 e. The molecule has 0 saturated carbocycles. The fourth-order valence-electron chi connectivity index (χ4n) is 1.52. The van der Waals surface area contributed by atoms with E-state index in [1.54, 1.807) is 24.5 Å². The van der Waals surface area contributed by atoms with E-state index in [4.69, 9.17) is 5.84 Å². The average molecular weight is 246 g/mol. The zero-order valence-corrected chi connectivity index (χ0v) is 9.92. The lowest BCUT2D eigenvalue weighted by Gasteiger charge is -2.08. The van der Waals surface area contributed by atoms with Gasteiger partial charge in [-0.15, -0.1) is 0 Å². The van der Waals surface area contributed by atoms with E-state index in [0.29, 0.717) is 17.9 Å². The topological polar surface area (TPSA) is 97.9 Å². The first-order valence-electron chi connectivity index (χ1n) is 5.38. The molecule has 94 valence electrons. The Balaban J connectivity index is 2.06. The molecule has 2 rings (SSSR count). The molecule has 2 aromatic heterocycles. The van der Waals surface area contributed by atoms with E-state index >= 15 is 0 Å². The van der Waals surface area contributed by atoms with Crippen molar-refractivity contribution in [1.29, 1.82) is 0 Å². The number of hydrazine groups is 1. The standard InChI is InChI=1S/C11H14N6O/c1-17-6-5-13-9(17)7-15-11(18)8-3-2-4-14-10(8)16-12/h2-6H,7,12H2,1H3,(H,14,16)(H,15,18). The molecule has 4 N–H and O–H groups in total. The van der Waals surface area contributed by atoms with Gasteiger partial charge in [0, 0.05) is 25.6 Å². The van der Waals surface area contributed by atoms with Crippen molar-refractivity contribution < 1.29 is 4.79 Å². The lowest BCUT2D eigenvalue weighted by molar-refractivity contribution is 0.0950. The molecule has 0 unspecified atom stereocenters. The van der Waals surface area contributed by atoms with Crippen LogP contribution in [0.5, 0.6) is 0 Å². The summed E-state index contributed by atoms with van der Waals surface area (Å²) in [6.07, 6.45) is 5.06. The molecule has 18 heavy (non-hydrogen) atoms. The van der Waals surface area contributed by atoms with Crippen molar-refractivity contribution in [3.05, 3.63) is 42.1 Å². The van der Waals surface area contributed by atoms with Crippen LogP contribution >= 0.6 is 0 Å². The van der Waals surface area contributed by atoms with Gasteiger partial charge < -0.3 is 15.3 Å². The minimum atomic E-state index is -0.251. The normalized spacial score (nSPS) is 10.1. The Labute approximate surface area is 104 Å². The summed E-state index contributed by atoms with van der Waals surface area (Å²) in [5, 5.41) is 2.76. The molecular formula is C11H14N6O. The summed E-state index contributed by atoms with van der Waals surface area (Å²) >= 11 is 0. The number of aryl methyl sites for hydroxylation is 1. The van der Waals surface area contributed by atoms with E-state index in [1.807, 2.05) is 17.8 Å². The molecule has 0 aromatic carbocycles. The summed E-state index contributed by atoms with van der Waals surface area (Å²) in [6, 6.07) is 3.33. The van der Waals surface area contributed by atoms with Gasteiger partial charge in [0.05, 0.1) is 12.1 Å². The summed E-state index contributed by atoms with van der Waals surface area (Å²) in [5.74, 6) is 6.16. The number of imidazole rings is 1. The number of pyridine rings is 1. The van der Waals surface area contributed by atoms with E-state index in [1.165, 1.54) is 0 Å². The van der Waals surface area contributed by atoms with Gasteiger partial charge in [0.15, 0.2) is 5.82 Å². The first-order chi connectivity index (χ1) is 8.72. The van der Waals surface area contributed by atoms with E-state index in [-0.39, 0.29) is 5.91 Å². The van der Waals surface area contributed by atoms with E-state index < -0.39 is 0 Å². The van der Waals surface area contributed by atoms with E-state index in [0.717, 1.165) is 5.82 Å². The summed E-state index contributed by atoms with van der Waals surface area (Å²) in [4.78, 5) is 20.0. The van der Waals surface area contributed by atoms with Gasteiger partial charge in [-0.25, -0.2) is 15.8 Å². The van der Waals surface area contributed by atoms with Crippen LogP contribution in [0.4, 0.5) is 5.82 Å². The number of hydrogen-bond donors (Lipinski definition) is 3. The molecule has 0 aliphatic rings. The third-order valence-electron chi connectivity index (χ3n) is 2.52. The molecule has 7 nitrogen and oxygen atoms in total. The summed E-state index contributed by atoms with van der Waals surface area (Å²) < 4.78 is 1.84. The molecule has 7 heteroatoms. The lowest BCUT2D eigenvalue weighted by atomic mass is 10.2. The molecule has 0 aliphatic heterocycles. The first kappa shape index (κ1) is 12.1. The second-order valence-electron chi connectivity index (χ2n) is 3.68. The van der Waals surface area contributed by atoms with Gasteiger partial charge >= 0.3 is 0 Å². The van der Waals surface area contributed by atoms with Gasteiger partial charge in [0.2, 0.25) is 0 Å². The third-order valence-corrected chi connectivity index (χ3v) is 2.52. The predicted molar refractivity (Wildman–Crippen MR) is 66.4 cm³/mol. The maximum Gasteiger partial charge on any atom is 0.255 e. The number of anilines is 1. The molecular weight excluding hydrogens is 232 g/mol. The van der Waals surface area contributed by atoms with E-state index in [9.17, 15) is 4.79 Å². The molecule has 0 spiro atoms. The zero-order chi connectivity index (χ0) is 13.0. The lowest BCUT2D eigenvalue weighted by Crippen LogP contribution is -2.26. The predicted octanol–water partition coefficient (Wildman–Crippen LogP) is 0.0307. The van der Waals surface area contributed by atoms with Crippen molar-refractivity contribution in [2.24, 2.45) is 12.9 Å². The third kappa shape index (κ3) is 2.46.